The molecule has 0 amide bonds. The predicted molar refractivity (Wildman–Crippen MR) is 112 cm³/mol. The Bertz CT molecular complexity index is 1350. The molecule has 2 aromatic carbocycles. The normalized spacial score (nSPS) is 15.3. The molecule has 0 fully saturated rings. The first-order valence-electron chi connectivity index (χ1n) is 9.27. The van der Waals surface area contributed by atoms with Gasteiger partial charge in [-0.05, 0) is 36.4 Å². The molecular formula is C22H14ClFN6O. The van der Waals surface area contributed by atoms with E-state index in [1.165, 1.54) is 12.1 Å². The largest absolute Gasteiger partial charge is 0.420 e. The van der Waals surface area contributed by atoms with Crippen molar-refractivity contribution in [2.24, 2.45) is 5.73 Å². The van der Waals surface area contributed by atoms with Crippen LogP contribution in [0.5, 0.6) is 5.88 Å². The van der Waals surface area contributed by atoms with Crippen LogP contribution in [0, 0.1) is 17.1 Å². The summed E-state index contributed by atoms with van der Waals surface area (Å²) in [6, 6.07) is 15.4. The molecule has 31 heavy (non-hydrogen) atoms. The van der Waals surface area contributed by atoms with Gasteiger partial charge in [-0.3, -0.25) is 10.2 Å². The van der Waals surface area contributed by atoms with Gasteiger partial charge in [0.1, 0.15) is 17.5 Å². The number of rotatable bonds is 3. The first kappa shape index (κ1) is 18.9. The third kappa shape index (κ3) is 3.12. The zero-order valence-electron chi connectivity index (χ0n) is 15.9. The van der Waals surface area contributed by atoms with Gasteiger partial charge in [-0.15, -0.1) is 5.10 Å². The van der Waals surface area contributed by atoms with Crippen LogP contribution in [0.3, 0.4) is 0 Å². The average molecular weight is 433 g/mol. The second-order valence-electron chi connectivity index (χ2n) is 6.96. The lowest BCUT2D eigenvalue weighted by Gasteiger charge is -2.24. The number of benzene rings is 2. The van der Waals surface area contributed by atoms with Gasteiger partial charge in [-0.2, -0.15) is 10.4 Å². The van der Waals surface area contributed by atoms with E-state index in [1.807, 2.05) is 12.1 Å². The van der Waals surface area contributed by atoms with Gasteiger partial charge < -0.3 is 10.5 Å². The Kier molecular flexibility index (Phi) is 4.46. The number of nitrogens with two attached hydrogens (primary N) is 1. The number of H-pyrrole nitrogens is 2. The number of fused-ring (bicyclic) bond motifs is 1. The third-order valence-electron chi connectivity index (χ3n) is 5.18. The second-order valence-corrected chi connectivity index (χ2v) is 7.39. The third-order valence-corrected chi connectivity index (χ3v) is 5.44. The number of ether oxygens (including phenoxy) is 1. The fraction of sp³-hybridized carbons (Fsp3) is 0.0455. The summed E-state index contributed by atoms with van der Waals surface area (Å²) in [5, 5.41) is 24.9. The number of nitrogens with zero attached hydrogens (tertiary/aromatic N) is 3. The molecule has 0 aliphatic carbocycles. The number of aromatic amines is 2. The molecule has 0 radical (unpaired) electrons. The van der Waals surface area contributed by atoms with Gasteiger partial charge in [0.05, 0.1) is 29.1 Å². The molecule has 152 valence electrons. The Morgan fingerprint density at radius 3 is 2.42 bits per heavy atom. The molecule has 9 heteroatoms. The summed E-state index contributed by atoms with van der Waals surface area (Å²) >= 11 is 6.03. The van der Waals surface area contributed by atoms with Crippen LogP contribution in [0.2, 0.25) is 5.02 Å². The van der Waals surface area contributed by atoms with E-state index in [0.717, 1.165) is 5.56 Å². The highest BCUT2D eigenvalue weighted by Gasteiger charge is 2.37. The molecule has 3 heterocycles. The van der Waals surface area contributed by atoms with Crippen LogP contribution >= 0.6 is 11.6 Å². The highest BCUT2D eigenvalue weighted by Crippen LogP contribution is 2.47. The lowest BCUT2D eigenvalue weighted by atomic mass is 9.82. The maximum atomic E-state index is 13.4. The molecule has 4 aromatic rings. The molecule has 1 aliphatic rings. The van der Waals surface area contributed by atoms with E-state index >= 15 is 0 Å². The Labute approximate surface area is 180 Å². The number of hydrogen-bond donors (Lipinski definition) is 3. The van der Waals surface area contributed by atoms with E-state index in [-0.39, 0.29) is 23.2 Å². The van der Waals surface area contributed by atoms with Crippen molar-refractivity contribution in [2.75, 3.05) is 0 Å². The van der Waals surface area contributed by atoms with E-state index in [0.29, 0.717) is 33.1 Å². The van der Waals surface area contributed by atoms with Crippen molar-refractivity contribution >= 4 is 11.6 Å². The zero-order chi connectivity index (χ0) is 21.5. The number of halogens is 2. The number of aromatic nitrogens is 4. The van der Waals surface area contributed by atoms with Crippen LogP contribution in [0.25, 0.3) is 22.5 Å². The van der Waals surface area contributed by atoms with Crippen LogP contribution in [-0.4, -0.2) is 20.4 Å². The molecule has 1 aliphatic heterocycles. The van der Waals surface area contributed by atoms with Gasteiger partial charge in [0.25, 0.3) is 0 Å². The van der Waals surface area contributed by atoms with Gasteiger partial charge in [-0.25, -0.2) is 4.39 Å². The van der Waals surface area contributed by atoms with Gasteiger partial charge in [0, 0.05) is 21.7 Å². The summed E-state index contributed by atoms with van der Waals surface area (Å²) in [6.45, 7) is 0. The molecule has 5 rings (SSSR count). The van der Waals surface area contributed by atoms with Crippen molar-refractivity contribution in [3.8, 4) is 34.5 Å². The quantitative estimate of drug-likeness (QED) is 0.441. The number of hydrogen-bond acceptors (Lipinski definition) is 5. The molecule has 4 N–H and O–H groups in total. The highest BCUT2D eigenvalue weighted by atomic mass is 35.5. The predicted octanol–water partition coefficient (Wildman–Crippen LogP) is 4.48. The summed E-state index contributed by atoms with van der Waals surface area (Å²) in [6.07, 6.45) is 1.63. The molecule has 0 bridgehead atoms. The van der Waals surface area contributed by atoms with Crippen LogP contribution in [0.4, 0.5) is 4.39 Å². The van der Waals surface area contributed by atoms with Crippen molar-refractivity contribution in [1.29, 1.82) is 5.26 Å². The maximum absolute atomic E-state index is 13.4. The van der Waals surface area contributed by atoms with Gasteiger partial charge in [-0.1, -0.05) is 23.7 Å². The maximum Gasteiger partial charge on any atom is 0.244 e. The van der Waals surface area contributed by atoms with Crippen molar-refractivity contribution in [3.63, 3.8) is 0 Å². The lowest BCUT2D eigenvalue weighted by molar-refractivity contribution is 0.379. The van der Waals surface area contributed by atoms with E-state index in [4.69, 9.17) is 22.1 Å². The molecule has 7 nitrogen and oxygen atoms in total. The van der Waals surface area contributed by atoms with Crippen molar-refractivity contribution < 1.29 is 9.13 Å². The Balaban J connectivity index is 1.72. The molecule has 1 atom stereocenters. The van der Waals surface area contributed by atoms with Crippen LogP contribution in [0.15, 0.2) is 66.2 Å². The summed E-state index contributed by atoms with van der Waals surface area (Å²) < 4.78 is 19.1. The summed E-state index contributed by atoms with van der Waals surface area (Å²) in [5.74, 6) is -0.699. The molecule has 0 saturated carbocycles. The number of nitrogens with one attached hydrogen (secondary N) is 2. The van der Waals surface area contributed by atoms with Crippen LogP contribution in [0.1, 0.15) is 17.0 Å². The highest BCUT2D eigenvalue weighted by molar-refractivity contribution is 6.30. The molecule has 0 saturated heterocycles. The SMILES string of the molecule is N#CC1=C(N)Oc2n[nH]c(-c3ccc(Cl)cc3)c2[C@H]1c1cn[nH]c1-c1ccc(F)cc1. The minimum atomic E-state index is -0.600. The van der Waals surface area contributed by atoms with E-state index in [2.05, 4.69) is 26.5 Å². The average Bonchev–Trinajstić information content (AvgIpc) is 3.41. The second kappa shape index (κ2) is 7.31. The van der Waals surface area contributed by atoms with Gasteiger partial charge >= 0.3 is 0 Å². The monoisotopic (exact) mass is 432 g/mol. The first-order valence-corrected chi connectivity index (χ1v) is 9.65. The number of nitriles is 1. The standard InChI is InChI=1S/C22H14ClFN6O/c23-13-5-1-12(2-6-13)20-18-17(15(9-25)21(26)31-22(18)30-29-20)16-10-27-28-19(16)11-3-7-14(24)8-4-11/h1-8,10,17H,26H2,(H,27,28)(H,29,30)/t17-/m1/s1. The Morgan fingerprint density at radius 1 is 1.03 bits per heavy atom. The first-order chi connectivity index (χ1) is 15.1. The van der Waals surface area contributed by atoms with E-state index < -0.39 is 5.92 Å². The van der Waals surface area contributed by atoms with Gasteiger partial charge in [0.2, 0.25) is 11.8 Å². The van der Waals surface area contributed by atoms with Gasteiger partial charge in [0.15, 0.2) is 0 Å². The summed E-state index contributed by atoms with van der Waals surface area (Å²) in [5.41, 5.74) is 10.5. The fourth-order valence-corrected chi connectivity index (χ4v) is 3.88. The van der Waals surface area contributed by atoms with Crippen molar-refractivity contribution in [3.05, 3.63) is 88.2 Å². The van der Waals surface area contributed by atoms with E-state index in [1.54, 1.807) is 30.5 Å². The topological polar surface area (TPSA) is 116 Å². The Morgan fingerprint density at radius 2 is 1.71 bits per heavy atom. The van der Waals surface area contributed by atoms with Crippen molar-refractivity contribution in [2.45, 2.75) is 5.92 Å². The van der Waals surface area contributed by atoms with Crippen LogP contribution < -0.4 is 10.5 Å². The lowest BCUT2D eigenvalue weighted by Crippen LogP contribution is -2.21. The smallest absolute Gasteiger partial charge is 0.244 e. The van der Waals surface area contributed by atoms with E-state index in [9.17, 15) is 9.65 Å². The fourth-order valence-electron chi connectivity index (χ4n) is 3.75. The zero-order valence-corrected chi connectivity index (χ0v) is 16.6. The van der Waals surface area contributed by atoms with Crippen LogP contribution in [-0.2, 0) is 0 Å². The Hall–Kier alpha value is -4.09. The summed E-state index contributed by atoms with van der Waals surface area (Å²) in [7, 11) is 0. The summed E-state index contributed by atoms with van der Waals surface area (Å²) in [4.78, 5) is 0. The molecular weight excluding hydrogens is 419 g/mol. The molecule has 2 aromatic heterocycles. The number of allylic oxidation sites excluding steroid dienone is 1. The molecule has 0 spiro atoms. The minimum Gasteiger partial charge on any atom is -0.420 e. The van der Waals surface area contributed by atoms with Crippen molar-refractivity contribution in [1.82, 2.24) is 20.4 Å². The molecule has 0 unspecified atom stereocenters. The minimum absolute atomic E-state index is 0.0274.